The fraction of sp³-hybridized carbons (Fsp3) is 0.950. The van der Waals surface area contributed by atoms with Crippen molar-refractivity contribution >= 4 is 5.97 Å². The Balaban J connectivity index is 1.47. The molecule has 26 heavy (non-hydrogen) atoms. The number of hydrogen-bond donors (Lipinski definition) is 0. The van der Waals surface area contributed by atoms with Crippen LogP contribution in [0.5, 0.6) is 0 Å². The number of likely N-dealkylation sites (tertiary alicyclic amines) is 2. The molecule has 0 N–H and O–H groups in total. The van der Waals surface area contributed by atoms with Crippen molar-refractivity contribution in [1.29, 1.82) is 0 Å². The standard InChI is InChI=1S/C20H36N2O4/c1-3-25-19(23)17-6-8-18(9-7-17)26-20(21-11-4-5-12-21)22-14-16(15-22)10-13-24-2/h16-18,20H,3-15H2,1-2H3. The maximum Gasteiger partial charge on any atom is 0.308 e. The molecule has 1 atom stereocenters. The Morgan fingerprint density at radius 2 is 1.77 bits per heavy atom. The summed E-state index contributed by atoms with van der Waals surface area (Å²) in [7, 11) is 1.78. The average molecular weight is 369 g/mol. The van der Waals surface area contributed by atoms with Crippen LogP contribution in [0.4, 0.5) is 0 Å². The van der Waals surface area contributed by atoms with E-state index in [1.807, 2.05) is 6.92 Å². The van der Waals surface area contributed by atoms with Crippen molar-refractivity contribution in [2.75, 3.05) is 46.5 Å². The molecule has 150 valence electrons. The molecule has 6 nitrogen and oxygen atoms in total. The second-order valence-electron chi connectivity index (χ2n) is 8.03. The molecule has 3 fully saturated rings. The van der Waals surface area contributed by atoms with Gasteiger partial charge in [0.05, 0.1) is 18.6 Å². The van der Waals surface area contributed by atoms with E-state index < -0.39 is 0 Å². The first kappa shape index (κ1) is 20.1. The summed E-state index contributed by atoms with van der Waals surface area (Å²) in [5.41, 5.74) is 0. The topological polar surface area (TPSA) is 51.2 Å². The fourth-order valence-electron chi connectivity index (χ4n) is 4.49. The normalized spacial score (nSPS) is 29.5. The van der Waals surface area contributed by atoms with Gasteiger partial charge in [-0.05, 0) is 57.8 Å². The van der Waals surface area contributed by atoms with Crippen molar-refractivity contribution in [2.24, 2.45) is 11.8 Å². The number of nitrogens with zero attached hydrogens (tertiary/aromatic N) is 2. The number of hydrogen-bond acceptors (Lipinski definition) is 6. The molecule has 0 spiro atoms. The summed E-state index contributed by atoms with van der Waals surface area (Å²) in [6.45, 7) is 7.72. The highest BCUT2D eigenvalue weighted by atomic mass is 16.5. The van der Waals surface area contributed by atoms with Crippen molar-refractivity contribution in [3.63, 3.8) is 0 Å². The molecule has 2 aliphatic heterocycles. The van der Waals surface area contributed by atoms with Crippen LogP contribution in [0, 0.1) is 11.8 Å². The molecule has 3 rings (SSSR count). The number of rotatable bonds is 9. The van der Waals surface area contributed by atoms with Gasteiger partial charge in [0.2, 0.25) is 0 Å². The zero-order valence-electron chi connectivity index (χ0n) is 16.5. The molecule has 0 amide bonds. The Hall–Kier alpha value is -0.690. The van der Waals surface area contributed by atoms with Gasteiger partial charge in [-0.15, -0.1) is 0 Å². The lowest BCUT2D eigenvalue weighted by Crippen LogP contribution is -2.59. The van der Waals surface area contributed by atoms with E-state index in [1.54, 1.807) is 7.11 Å². The van der Waals surface area contributed by atoms with E-state index in [1.165, 1.54) is 12.8 Å². The van der Waals surface area contributed by atoms with E-state index in [2.05, 4.69) is 9.80 Å². The molecular formula is C20H36N2O4. The molecule has 2 saturated heterocycles. The number of carbonyl (C=O) groups excluding carboxylic acids is 1. The highest BCUT2D eigenvalue weighted by Gasteiger charge is 2.39. The lowest BCUT2D eigenvalue weighted by Gasteiger charge is -2.48. The van der Waals surface area contributed by atoms with E-state index in [9.17, 15) is 4.79 Å². The van der Waals surface area contributed by atoms with Crippen LogP contribution in [0.15, 0.2) is 0 Å². The number of esters is 1. The van der Waals surface area contributed by atoms with Gasteiger partial charge in [-0.3, -0.25) is 14.6 Å². The van der Waals surface area contributed by atoms with E-state index >= 15 is 0 Å². The van der Waals surface area contributed by atoms with Crippen molar-refractivity contribution in [2.45, 2.75) is 64.3 Å². The van der Waals surface area contributed by atoms with Gasteiger partial charge < -0.3 is 14.2 Å². The van der Waals surface area contributed by atoms with Gasteiger partial charge in [0.25, 0.3) is 0 Å². The zero-order valence-corrected chi connectivity index (χ0v) is 16.5. The molecule has 0 aromatic heterocycles. The van der Waals surface area contributed by atoms with Gasteiger partial charge in [-0.25, -0.2) is 0 Å². The minimum absolute atomic E-state index is 0.0224. The summed E-state index contributed by atoms with van der Waals surface area (Å²) < 4.78 is 17.0. The highest BCUT2D eigenvalue weighted by molar-refractivity contribution is 5.72. The summed E-state index contributed by atoms with van der Waals surface area (Å²) >= 11 is 0. The van der Waals surface area contributed by atoms with Crippen LogP contribution < -0.4 is 0 Å². The maximum atomic E-state index is 11.9. The predicted molar refractivity (Wildman–Crippen MR) is 99.6 cm³/mol. The number of methoxy groups -OCH3 is 1. The van der Waals surface area contributed by atoms with E-state index in [0.29, 0.717) is 6.61 Å². The average Bonchev–Trinajstić information content (AvgIpc) is 3.14. The van der Waals surface area contributed by atoms with E-state index in [4.69, 9.17) is 14.2 Å². The van der Waals surface area contributed by atoms with Crippen LogP contribution in [-0.4, -0.2) is 74.7 Å². The van der Waals surface area contributed by atoms with Crippen molar-refractivity contribution in [3.05, 3.63) is 0 Å². The first-order valence-electron chi connectivity index (χ1n) is 10.5. The first-order valence-corrected chi connectivity index (χ1v) is 10.5. The molecule has 3 aliphatic rings. The van der Waals surface area contributed by atoms with Gasteiger partial charge in [-0.1, -0.05) is 0 Å². The third-order valence-electron chi connectivity index (χ3n) is 6.09. The Morgan fingerprint density at radius 1 is 1.08 bits per heavy atom. The smallest absolute Gasteiger partial charge is 0.308 e. The van der Waals surface area contributed by atoms with Crippen molar-refractivity contribution < 1.29 is 19.0 Å². The third kappa shape index (κ3) is 5.18. The van der Waals surface area contributed by atoms with Gasteiger partial charge in [0, 0.05) is 39.9 Å². The second kappa shape index (κ2) is 10.0. The summed E-state index contributed by atoms with van der Waals surface area (Å²) in [6, 6.07) is 0. The molecule has 0 aromatic rings. The minimum Gasteiger partial charge on any atom is -0.466 e. The molecule has 2 heterocycles. The van der Waals surface area contributed by atoms with Gasteiger partial charge in [-0.2, -0.15) is 0 Å². The molecule has 0 bridgehead atoms. The lowest BCUT2D eigenvalue weighted by atomic mass is 9.87. The van der Waals surface area contributed by atoms with Crippen LogP contribution in [0.2, 0.25) is 0 Å². The van der Waals surface area contributed by atoms with Crippen LogP contribution >= 0.6 is 0 Å². The molecule has 0 aromatic carbocycles. The summed E-state index contributed by atoms with van der Waals surface area (Å²) in [4.78, 5) is 16.9. The predicted octanol–water partition coefficient (Wildman–Crippen LogP) is 2.47. The Labute approximate surface area is 158 Å². The largest absolute Gasteiger partial charge is 0.466 e. The van der Waals surface area contributed by atoms with Crippen LogP contribution in [-0.2, 0) is 19.0 Å². The fourth-order valence-corrected chi connectivity index (χ4v) is 4.49. The molecule has 1 unspecified atom stereocenters. The quantitative estimate of drug-likeness (QED) is 0.583. The summed E-state index contributed by atoms with van der Waals surface area (Å²) in [5.74, 6) is 0.788. The van der Waals surface area contributed by atoms with Gasteiger partial charge >= 0.3 is 5.97 Å². The Morgan fingerprint density at radius 3 is 2.38 bits per heavy atom. The van der Waals surface area contributed by atoms with Crippen LogP contribution in [0.25, 0.3) is 0 Å². The summed E-state index contributed by atoms with van der Waals surface area (Å²) in [5, 5.41) is 0. The highest BCUT2D eigenvalue weighted by Crippen LogP contribution is 2.32. The van der Waals surface area contributed by atoms with Crippen molar-refractivity contribution in [1.82, 2.24) is 9.80 Å². The third-order valence-corrected chi connectivity index (χ3v) is 6.09. The summed E-state index contributed by atoms with van der Waals surface area (Å²) in [6.07, 6.45) is 7.81. The molecule has 1 saturated carbocycles. The molecule has 0 radical (unpaired) electrons. The molecule has 6 heteroatoms. The van der Waals surface area contributed by atoms with E-state index in [0.717, 1.165) is 70.8 Å². The number of carbonyl (C=O) groups is 1. The minimum atomic E-state index is -0.0224. The molecular weight excluding hydrogens is 332 g/mol. The molecule has 1 aliphatic carbocycles. The van der Waals surface area contributed by atoms with Gasteiger partial charge in [0.1, 0.15) is 0 Å². The van der Waals surface area contributed by atoms with Crippen molar-refractivity contribution in [3.8, 4) is 0 Å². The number of ether oxygens (including phenoxy) is 3. The van der Waals surface area contributed by atoms with Crippen LogP contribution in [0.1, 0.15) is 51.9 Å². The lowest BCUT2D eigenvalue weighted by molar-refractivity contribution is -0.211. The SMILES string of the molecule is CCOC(=O)C1CCC(OC(N2CCCC2)N2CC(CCOC)C2)CC1. The maximum absolute atomic E-state index is 11.9. The van der Waals surface area contributed by atoms with Crippen LogP contribution in [0.3, 0.4) is 0 Å². The first-order chi connectivity index (χ1) is 12.7. The van der Waals surface area contributed by atoms with Gasteiger partial charge in [0.15, 0.2) is 6.35 Å². The second-order valence-corrected chi connectivity index (χ2v) is 8.03. The zero-order chi connectivity index (χ0) is 18.4. The monoisotopic (exact) mass is 368 g/mol. The Kier molecular flexibility index (Phi) is 7.73. The van der Waals surface area contributed by atoms with E-state index in [-0.39, 0.29) is 24.3 Å². The Bertz CT molecular complexity index is 428.